The maximum absolute atomic E-state index is 13.1. The van der Waals surface area contributed by atoms with Crippen LogP contribution in [0.2, 0.25) is 0 Å². The van der Waals surface area contributed by atoms with Gasteiger partial charge in [-0.1, -0.05) is 383 Å². The third-order valence-electron chi connectivity index (χ3n) is 19.6. The summed E-state index contributed by atoms with van der Waals surface area (Å²) in [6.45, 7) is 2.43. The number of unbranched alkanes of at least 4 members (excludes halogenated alkanes) is 35. The average molecular weight is 1700 g/mol. The lowest BCUT2D eigenvalue weighted by Gasteiger charge is -2.21. The number of phosphoric acid groups is 2. The molecule has 0 saturated heterocycles. The highest BCUT2D eigenvalue weighted by atomic mass is 31.2. The molecular weight excluding hydrogens is 1530 g/mol. The summed E-state index contributed by atoms with van der Waals surface area (Å²) in [5.41, 5.74) is 0. The number of hydrogen-bond acceptors (Lipinski definition) is 14. The summed E-state index contributed by atoms with van der Waals surface area (Å²) in [6, 6.07) is 0. The Morgan fingerprint density at radius 2 is 0.445 bits per heavy atom. The molecule has 0 bridgehead atoms. The zero-order chi connectivity index (χ0) is 86.5. The second-order valence-electron chi connectivity index (χ2n) is 31.0. The molecule has 119 heavy (non-hydrogen) atoms. The Labute approximate surface area is 725 Å². The number of ether oxygens (including phenoxy) is 3. The van der Waals surface area contributed by atoms with E-state index in [1.807, 2.05) is 0 Å². The maximum Gasteiger partial charge on any atom is 0.472 e. The van der Waals surface area contributed by atoms with Crippen LogP contribution in [0.5, 0.6) is 0 Å². The minimum Gasteiger partial charge on any atom is -0.463 e. The van der Waals surface area contributed by atoms with Gasteiger partial charge in [-0.15, -0.1) is 0 Å². The topological polar surface area (TPSA) is 231 Å². The monoisotopic (exact) mass is 1700 g/mol. The van der Waals surface area contributed by atoms with E-state index in [0.29, 0.717) is 19.3 Å². The molecule has 0 saturated carbocycles. The first-order valence-corrected chi connectivity index (χ1v) is 50.1. The second-order valence-corrected chi connectivity index (χ2v) is 34.0. The fraction of sp³-hybridized carbons (Fsp3) is 0.673. The van der Waals surface area contributed by atoms with Gasteiger partial charge in [-0.25, -0.2) is 9.13 Å². The van der Waals surface area contributed by atoms with E-state index in [1.165, 1.54) is 154 Å². The third kappa shape index (κ3) is 93.2. The van der Waals surface area contributed by atoms with E-state index in [4.69, 9.17) is 32.3 Å². The second kappa shape index (κ2) is 91.8. The zero-order valence-electron chi connectivity index (χ0n) is 75.0. The summed E-state index contributed by atoms with van der Waals surface area (Å²) < 4.78 is 61.5. The van der Waals surface area contributed by atoms with Crippen molar-refractivity contribution in [3.05, 3.63) is 182 Å². The molecule has 0 radical (unpaired) electrons. The minimum atomic E-state index is -4.95. The van der Waals surface area contributed by atoms with E-state index < -0.39 is 91.5 Å². The summed E-state index contributed by atoms with van der Waals surface area (Å²) in [4.78, 5) is 59.0. The van der Waals surface area contributed by atoms with Crippen LogP contribution >= 0.6 is 15.6 Å². The molecule has 4 N–H and O–H groups in total. The average Bonchev–Trinajstić information content (AvgIpc) is 0.902. The fourth-order valence-corrected chi connectivity index (χ4v) is 14.1. The fourth-order valence-electron chi connectivity index (χ4n) is 12.5. The Morgan fingerprint density at radius 3 is 0.706 bits per heavy atom. The summed E-state index contributed by atoms with van der Waals surface area (Å²) in [6.07, 6.45) is 121. The lowest BCUT2D eigenvalue weighted by Crippen LogP contribution is -2.30. The SMILES string of the molecule is CC/C=C\C/C=C\C/C=C\C/C=C\C/C=C\C/C=C\CCCCCCC(=O)OC(COC(=O)CCCCCCCCCCCCCCC/C=C\C/C=C\C/C=C\C/C=C\CCCCC)COP(=O)(O)OCC(O)COP(=O)(O)OCC(O)COC(=O)CCCCCCCCCCCCCCCCC/C=C\C/C=C\C/C=C\C/C=C\C/C=C\CC. The van der Waals surface area contributed by atoms with Crippen molar-refractivity contribution in [2.24, 2.45) is 0 Å². The van der Waals surface area contributed by atoms with Gasteiger partial charge in [-0.3, -0.25) is 32.5 Å². The Bertz CT molecular complexity index is 2890. The van der Waals surface area contributed by atoms with E-state index in [-0.39, 0.29) is 19.3 Å². The molecule has 0 aromatic carbocycles. The van der Waals surface area contributed by atoms with Crippen LogP contribution in [0.25, 0.3) is 0 Å². The van der Waals surface area contributed by atoms with Gasteiger partial charge in [0.05, 0.1) is 26.4 Å². The number of carbonyl (C=O) groups is 3. The van der Waals surface area contributed by atoms with Gasteiger partial charge in [-0.05, 0) is 161 Å². The number of hydrogen-bond donors (Lipinski definition) is 4. The van der Waals surface area contributed by atoms with E-state index >= 15 is 0 Å². The molecule has 0 aromatic heterocycles. The largest absolute Gasteiger partial charge is 0.472 e. The number of rotatable bonds is 88. The van der Waals surface area contributed by atoms with Gasteiger partial charge in [0.25, 0.3) is 0 Å². The first-order chi connectivity index (χ1) is 58.2. The molecule has 5 atom stereocenters. The number of aliphatic hydroxyl groups excluding tert-OH is 2. The number of aliphatic hydroxyl groups is 2. The van der Waals surface area contributed by atoms with Crippen molar-refractivity contribution in [2.45, 2.75) is 399 Å². The predicted molar refractivity (Wildman–Crippen MR) is 500 cm³/mol. The van der Waals surface area contributed by atoms with Gasteiger partial charge in [0, 0.05) is 19.3 Å². The molecule has 5 unspecified atom stereocenters. The summed E-state index contributed by atoms with van der Waals surface area (Å²) >= 11 is 0. The number of esters is 3. The van der Waals surface area contributed by atoms with Gasteiger partial charge >= 0.3 is 33.6 Å². The maximum atomic E-state index is 13.1. The molecule has 0 aliphatic rings. The number of allylic oxidation sites excluding steroid dienone is 30. The predicted octanol–water partition coefficient (Wildman–Crippen LogP) is 29.2. The number of phosphoric ester groups is 2. The van der Waals surface area contributed by atoms with Crippen molar-refractivity contribution >= 4 is 33.6 Å². The molecule has 0 amide bonds. The first-order valence-electron chi connectivity index (χ1n) is 47.1. The highest BCUT2D eigenvalue weighted by Gasteiger charge is 2.29. The van der Waals surface area contributed by atoms with Crippen molar-refractivity contribution in [3.8, 4) is 0 Å². The van der Waals surface area contributed by atoms with Gasteiger partial charge in [-0.2, -0.15) is 0 Å². The van der Waals surface area contributed by atoms with Crippen molar-refractivity contribution in [1.82, 2.24) is 0 Å². The minimum absolute atomic E-state index is 0.0695. The molecule has 18 heteroatoms. The Kier molecular flexibility index (Phi) is 87.7. The van der Waals surface area contributed by atoms with Crippen LogP contribution in [0.15, 0.2) is 182 Å². The van der Waals surface area contributed by atoms with Crippen LogP contribution in [-0.2, 0) is 55.8 Å². The standard InChI is InChI=1S/C101H170O16P2/c1-4-7-10-13-16-19-22-25-28-31-34-37-40-42-44-46-47-49-51-52-55-57-60-63-66-69-72-75-78-81-84-87-99(104)111-90-96(102)91-113-118(107,108)114-92-97(103)93-115-119(109,110)116-95-98(117-101(106)89-86-83-80-77-74-71-68-65-62-59-54-39-36-33-30-27-24-21-18-15-12-9-6-3)94-112-100(105)88-85-82-79-76-73-70-67-64-61-58-56-53-50-48-45-43-41-38-35-32-29-26-23-20-17-14-11-8-5-2/h7,9-10,12,16-21,25-30,34-39,42-45,59,62,68,71,96-98,102-103H,4-6,8,11,13-15,22-24,31-33,40-41,46-58,60-61,63-67,69-70,72-95H2,1-3H3,(H,107,108)(H,109,110)/b10-7-,12-9-,19-16-,20-17-,21-18-,28-25-,29-26-,30-27-,37-34-,38-35-,39-36-,44-42-,45-43-,62-59-,71-68-. The molecule has 0 rings (SSSR count). The van der Waals surface area contributed by atoms with Crippen LogP contribution < -0.4 is 0 Å². The van der Waals surface area contributed by atoms with E-state index in [1.54, 1.807) is 0 Å². The third-order valence-corrected chi connectivity index (χ3v) is 21.5. The highest BCUT2D eigenvalue weighted by molar-refractivity contribution is 7.47. The normalized spacial score (nSPS) is 14.6. The van der Waals surface area contributed by atoms with Crippen LogP contribution in [0, 0.1) is 0 Å². The van der Waals surface area contributed by atoms with Crippen molar-refractivity contribution in [3.63, 3.8) is 0 Å². The summed E-state index contributed by atoms with van der Waals surface area (Å²) in [7, 11) is -9.83. The molecule has 0 spiro atoms. The molecular formula is C101H170O16P2. The Balaban J connectivity index is 4.63. The molecule has 680 valence electrons. The highest BCUT2D eigenvalue weighted by Crippen LogP contribution is 2.45. The van der Waals surface area contributed by atoms with Gasteiger partial charge in [0.1, 0.15) is 25.4 Å². The van der Waals surface area contributed by atoms with Crippen molar-refractivity contribution in [2.75, 3.05) is 39.6 Å². The molecule has 0 aliphatic heterocycles. The Morgan fingerprint density at radius 1 is 0.244 bits per heavy atom. The molecule has 0 aromatic rings. The Hall–Kier alpha value is -5.35. The molecule has 16 nitrogen and oxygen atoms in total. The van der Waals surface area contributed by atoms with Crippen LogP contribution in [0.4, 0.5) is 0 Å². The summed E-state index contributed by atoms with van der Waals surface area (Å²) in [5, 5.41) is 20.7. The van der Waals surface area contributed by atoms with Crippen molar-refractivity contribution < 1.29 is 75.8 Å². The lowest BCUT2D eigenvalue weighted by atomic mass is 10.0. The van der Waals surface area contributed by atoms with Crippen LogP contribution in [0.1, 0.15) is 380 Å². The molecule has 0 aliphatic carbocycles. The van der Waals surface area contributed by atoms with Gasteiger partial charge < -0.3 is 34.2 Å². The number of carbonyl (C=O) groups excluding carboxylic acids is 3. The van der Waals surface area contributed by atoms with Crippen LogP contribution in [0.3, 0.4) is 0 Å². The zero-order valence-corrected chi connectivity index (χ0v) is 76.8. The van der Waals surface area contributed by atoms with Crippen molar-refractivity contribution in [1.29, 1.82) is 0 Å². The summed E-state index contributed by atoms with van der Waals surface area (Å²) in [5.74, 6) is -1.60. The quantitative estimate of drug-likeness (QED) is 0.0146. The van der Waals surface area contributed by atoms with E-state index in [9.17, 15) is 43.5 Å². The van der Waals surface area contributed by atoms with E-state index in [0.717, 1.165) is 167 Å². The lowest BCUT2D eigenvalue weighted by molar-refractivity contribution is -0.161. The van der Waals surface area contributed by atoms with Gasteiger partial charge in [0.15, 0.2) is 6.10 Å². The molecule has 0 heterocycles. The smallest absolute Gasteiger partial charge is 0.463 e. The van der Waals surface area contributed by atoms with E-state index in [2.05, 4.69) is 203 Å². The van der Waals surface area contributed by atoms with Crippen LogP contribution in [-0.4, -0.2) is 95.9 Å². The molecule has 0 fully saturated rings. The first kappa shape index (κ1) is 114. The van der Waals surface area contributed by atoms with Gasteiger partial charge in [0.2, 0.25) is 0 Å².